The van der Waals surface area contributed by atoms with Gasteiger partial charge < -0.3 is 15.8 Å². The van der Waals surface area contributed by atoms with Crippen LogP contribution in [0.15, 0.2) is 53.5 Å². The maximum absolute atomic E-state index is 12.5. The molecule has 1 aliphatic heterocycles. The number of nitrogens with zero attached hydrogens (tertiary/aromatic N) is 1. The molecule has 1 atom stereocenters. The first-order valence-corrected chi connectivity index (χ1v) is 9.03. The molecule has 3 N–H and O–H groups in total. The molecule has 0 aliphatic carbocycles. The van der Waals surface area contributed by atoms with Crippen LogP contribution < -0.4 is 15.8 Å². The fourth-order valence-electron chi connectivity index (χ4n) is 2.79. The van der Waals surface area contributed by atoms with E-state index in [1.165, 1.54) is 0 Å². The summed E-state index contributed by atoms with van der Waals surface area (Å²) in [5.74, 6) is 1.41. The third kappa shape index (κ3) is 3.96. The summed E-state index contributed by atoms with van der Waals surface area (Å²) in [6.07, 6.45) is 0.908. The molecular formula is C19H21N3O2S. The first kappa shape index (κ1) is 17.4. The Balaban J connectivity index is 1.82. The molecule has 1 unspecified atom stereocenters. The number of nitrogens with one attached hydrogen (secondary N) is 1. The van der Waals surface area contributed by atoms with Crippen molar-refractivity contribution in [2.45, 2.75) is 18.9 Å². The lowest BCUT2D eigenvalue weighted by Gasteiger charge is -2.30. The second-order valence-electron chi connectivity index (χ2n) is 6.09. The van der Waals surface area contributed by atoms with E-state index in [1.54, 1.807) is 37.1 Å². The number of carbonyl (C=O) groups is 1. The van der Waals surface area contributed by atoms with Crippen molar-refractivity contribution in [2.75, 3.05) is 18.2 Å². The summed E-state index contributed by atoms with van der Waals surface area (Å²) in [5.41, 5.74) is 7.87. The number of amides is 1. The minimum absolute atomic E-state index is 0.177. The van der Waals surface area contributed by atoms with Gasteiger partial charge in [0.05, 0.1) is 12.6 Å². The van der Waals surface area contributed by atoms with Crippen LogP contribution in [0.5, 0.6) is 5.75 Å². The quantitative estimate of drug-likeness (QED) is 0.878. The number of nitrogens with two attached hydrogens (primary N) is 1. The van der Waals surface area contributed by atoms with E-state index in [2.05, 4.69) is 17.2 Å². The van der Waals surface area contributed by atoms with E-state index in [-0.39, 0.29) is 11.4 Å². The topological polar surface area (TPSA) is 76.7 Å². The van der Waals surface area contributed by atoms with Crippen molar-refractivity contribution in [3.05, 3.63) is 59.7 Å². The number of thioether (sulfide) groups is 1. The van der Waals surface area contributed by atoms with Gasteiger partial charge in [-0.1, -0.05) is 30.0 Å². The van der Waals surface area contributed by atoms with Gasteiger partial charge in [0.1, 0.15) is 5.75 Å². The van der Waals surface area contributed by atoms with Gasteiger partial charge in [0.25, 0.3) is 5.91 Å². The minimum atomic E-state index is -0.355. The lowest BCUT2D eigenvalue weighted by molar-refractivity contribution is 0.102. The predicted molar refractivity (Wildman–Crippen MR) is 103 cm³/mol. The van der Waals surface area contributed by atoms with Crippen LogP contribution in [0.2, 0.25) is 0 Å². The Morgan fingerprint density at radius 1 is 1.28 bits per heavy atom. The zero-order valence-electron chi connectivity index (χ0n) is 14.3. The molecule has 2 aromatic rings. The van der Waals surface area contributed by atoms with E-state index in [9.17, 15) is 4.79 Å². The van der Waals surface area contributed by atoms with E-state index in [0.717, 1.165) is 23.4 Å². The molecule has 0 bridgehead atoms. The third-order valence-corrected chi connectivity index (χ3v) is 5.07. The highest BCUT2D eigenvalue weighted by atomic mass is 32.2. The van der Waals surface area contributed by atoms with Gasteiger partial charge in [-0.25, -0.2) is 0 Å². The largest absolute Gasteiger partial charge is 0.497 e. The van der Waals surface area contributed by atoms with Crippen LogP contribution in [0.3, 0.4) is 0 Å². The molecule has 0 fully saturated rings. The number of ether oxygens (including phenoxy) is 1. The molecule has 5 nitrogen and oxygen atoms in total. The fraction of sp³-hybridized carbons (Fsp3) is 0.263. The Hall–Kier alpha value is -2.47. The van der Waals surface area contributed by atoms with Gasteiger partial charge in [-0.05, 0) is 49.2 Å². The van der Waals surface area contributed by atoms with E-state index in [0.29, 0.717) is 16.5 Å². The van der Waals surface area contributed by atoms with Gasteiger partial charge in [0.2, 0.25) is 0 Å². The van der Waals surface area contributed by atoms with Crippen molar-refractivity contribution in [3.63, 3.8) is 0 Å². The van der Waals surface area contributed by atoms with Crippen LogP contribution in [0.25, 0.3) is 0 Å². The first-order valence-electron chi connectivity index (χ1n) is 8.04. The molecule has 1 aliphatic rings. The SMILES string of the molecule is COc1cccc(C(=O)Nc2cccc(C3(C)CCSC(N)=N3)c2)c1. The maximum Gasteiger partial charge on any atom is 0.255 e. The number of carbonyl (C=O) groups excluding carboxylic acids is 1. The molecule has 3 rings (SSSR count). The van der Waals surface area contributed by atoms with Gasteiger partial charge in [-0.3, -0.25) is 9.79 Å². The standard InChI is InChI=1S/C19H21N3O2S/c1-19(9-10-25-18(20)22-19)14-6-4-7-15(12-14)21-17(23)13-5-3-8-16(11-13)24-2/h3-8,11-12H,9-10H2,1-2H3,(H2,20,22)(H,21,23). The summed E-state index contributed by atoms with van der Waals surface area (Å²) in [6, 6.07) is 14.9. The molecule has 6 heteroatoms. The van der Waals surface area contributed by atoms with E-state index >= 15 is 0 Å². The number of hydrogen-bond donors (Lipinski definition) is 2. The first-order chi connectivity index (χ1) is 12.0. The van der Waals surface area contributed by atoms with Crippen molar-refractivity contribution < 1.29 is 9.53 Å². The molecule has 0 aromatic heterocycles. The normalized spacial score (nSPS) is 19.8. The molecule has 1 amide bonds. The molecule has 1 heterocycles. The van der Waals surface area contributed by atoms with Crippen molar-refractivity contribution in [1.29, 1.82) is 0 Å². The van der Waals surface area contributed by atoms with E-state index in [1.807, 2.05) is 30.3 Å². The van der Waals surface area contributed by atoms with Crippen LogP contribution in [-0.2, 0) is 5.54 Å². The molecule has 0 spiro atoms. The Kier molecular flexibility index (Phi) is 4.99. The number of rotatable bonds is 4. The van der Waals surface area contributed by atoms with Crippen molar-refractivity contribution in [1.82, 2.24) is 0 Å². The lowest BCUT2D eigenvalue weighted by Crippen LogP contribution is -2.28. The summed E-state index contributed by atoms with van der Waals surface area (Å²) in [7, 11) is 1.58. The monoisotopic (exact) mass is 355 g/mol. The summed E-state index contributed by atoms with van der Waals surface area (Å²) in [5, 5.41) is 3.55. The molecular weight excluding hydrogens is 334 g/mol. The average molecular weight is 355 g/mol. The summed E-state index contributed by atoms with van der Waals surface area (Å²) < 4.78 is 5.17. The third-order valence-electron chi connectivity index (χ3n) is 4.27. The number of benzene rings is 2. The Bertz CT molecular complexity index is 822. The number of methoxy groups -OCH3 is 1. The minimum Gasteiger partial charge on any atom is -0.497 e. The molecule has 25 heavy (non-hydrogen) atoms. The summed E-state index contributed by atoms with van der Waals surface area (Å²) >= 11 is 1.58. The maximum atomic E-state index is 12.5. The Morgan fingerprint density at radius 2 is 2.08 bits per heavy atom. The second-order valence-corrected chi connectivity index (χ2v) is 7.20. The molecule has 0 saturated heterocycles. The van der Waals surface area contributed by atoms with Gasteiger partial charge >= 0.3 is 0 Å². The van der Waals surface area contributed by atoms with Crippen LogP contribution in [-0.4, -0.2) is 23.9 Å². The van der Waals surface area contributed by atoms with Crippen LogP contribution in [0.1, 0.15) is 29.3 Å². The van der Waals surface area contributed by atoms with Crippen molar-refractivity contribution in [2.24, 2.45) is 10.7 Å². The zero-order chi connectivity index (χ0) is 17.9. The van der Waals surface area contributed by atoms with Crippen LogP contribution >= 0.6 is 11.8 Å². The van der Waals surface area contributed by atoms with E-state index < -0.39 is 0 Å². The fourth-order valence-corrected chi connectivity index (χ4v) is 3.77. The van der Waals surface area contributed by atoms with E-state index in [4.69, 9.17) is 10.5 Å². The Labute approximate surface area is 151 Å². The molecule has 0 radical (unpaired) electrons. The zero-order valence-corrected chi connectivity index (χ0v) is 15.1. The second kappa shape index (κ2) is 7.19. The number of amidine groups is 1. The van der Waals surface area contributed by atoms with Crippen molar-refractivity contribution in [3.8, 4) is 5.75 Å². The highest BCUT2D eigenvalue weighted by Crippen LogP contribution is 2.35. The average Bonchev–Trinajstić information content (AvgIpc) is 2.62. The van der Waals surface area contributed by atoms with Gasteiger partial charge in [-0.2, -0.15) is 0 Å². The van der Waals surface area contributed by atoms with Crippen molar-refractivity contribution >= 4 is 28.5 Å². The Morgan fingerprint density at radius 3 is 2.84 bits per heavy atom. The van der Waals surface area contributed by atoms with Crippen LogP contribution in [0.4, 0.5) is 5.69 Å². The highest BCUT2D eigenvalue weighted by molar-refractivity contribution is 8.13. The summed E-state index contributed by atoms with van der Waals surface area (Å²) in [4.78, 5) is 17.1. The number of aliphatic imine (C=N–C) groups is 1. The number of hydrogen-bond acceptors (Lipinski definition) is 5. The van der Waals surface area contributed by atoms with Gasteiger partial charge in [-0.15, -0.1) is 0 Å². The number of anilines is 1. The molecule has 0 saturated carbocycles. The molecule has 2 aromatic carbocycles. The lowest BCUT2D eigenvalue weighted by atomic mass is 9.89. The highest BCUT2D eigenvalue weighted by Gasteiger charge is 2.29. The molecule has 130 valence electrons. The predicted octanol–water partition coefficient (Wildman–Crippen LogP) is 3.61. The van der Waals surface area contributed by atoms with Gasteiger partial charge in [0, 0.05) is 17.0 Å². The summed E-state index contributed by atoms with van der Waals surface area (Å²) in [6.45, 7) is 2.07. The van der Waals surface area contributed by atoms with Crippen LogP contribution in [0, 0.1) is 0 Å². The smallest absolute Gasteiger partial charge is 0.255 e. The van der Waals surface area contributed by atoms with Gasteiger partial charge in [0.15, 0.2) is 5.17 Å².